The maximum atomic E-state index is 11.5. The SMILES string of the molecule is CON(C)C(=O)C[C@H](C)CNC(=O)OC(C)(C)C. The van der Waals surface area contributed by atoms with Crippen LogP contribution in [0.3, 0.4) is 0 Å². The zero-order valence-corrected chi connectivity index (χ0v) is 12.1. The molecule has 1 atom stereocenters. The van der Waals surface area contributed by atoms with Gasteiger partial charge >= 0.3 is 6.09 Å². The number of hydrogen-bond donors (Lipinski definition) is 1. The lowest BCUT2D eigenvalue weighted by molar-refractivity contribution is -0.169. The van der Waals surface area contributed by atoms with Crippen LogP contribution in [-0.2, 0) is 14.4 Å². The van der Waals surface area contributed by atoms with Crippen LogP contribution >= 0.6 is 0 Å². The molecule has 106 valence electrons. The Morgan fingerprint density at radius 1 is 1.33 bits per heavy atom. The number of nitrogens with zero attached hydrogens (tertiary/aromatic N) is 1. The first-order valence-electron chi connectivity index (χ1n) is 5.93. The van der Waals surface area contributed by atoms with Crippen molar-refractivity contribution in [2.24, 2.45) is 5.92 Å². The third-order valence-corrected chi connectivity index (χ3v) is 2.14. The van der Waals surface area contributed by atoms with Crippen LogP contribution in [0.2, 0.25) is 0 Å². The van der Waals surface area contributed by atoms with Crippen molar-refractivity contribution in [3.63, 3.8) is 0 Å². The summed E-state index contributed by atoms with van der Waals surface area (Å²) in [6, 6.07) is 0. The summed E-state index contributed by atoms with van der Waals surface area (Å²) in [5.41, 5.74) is -0.514. The largest absolute Gasteiger partial charge is 0.444 e. The van der Waals surface area contributed by atoms with Gasteiger partial charge in [-0.25, -0.2) is 9.86 Å². The number of hydrogen-bond acceptors (Lipinski definition) is 4. The number of rotatable bonds is 5. The average molecular weight is 260 g/mol. The Bertz CT molecular complexity index is 286. The summed E-state index contributed by atoms with van der Waals surface area (Å²) in [6.45, 7) is 7.66. The van der Waals surface area contributed by atoms with Gasteiger partial charge in [-0.2, -0.15) is 0 Å². The summed E-state index contributed by atoms with van der Waals surface area (Å²) in [5.74, 6) is -0.112. The molecule has 18 heavy (non-hydrogen) atoms. The number of ether oxygens (including phenoxy) is 1. The fourth-order valence-electron chi connectivity index (χ4n) is 1.17. The predicted molar refractivity (Wildman–Crippen MR) is 67.8 cm³/mol. The van der Waals surface area contributed by atoms with Crippen molar-refractivity contribution in [2.45, 2.75) is 39.7 Å². The van der Waals surface area contributed by atoms with Crippen molar-refractivity contribution in [2.75, 3.05) is 20.7 Å². The van der Waals surface area contributed by atoms with Gasteiger partial charge in [0, 0.05) is 20.0 Å². The molecule has 6 heteroatoms. The zero-order valence-electron chi connectivity index (χ0n) is 12.1. The number of alkyl carbamates (subject to hydrolysis) is 1. The smallest absolute Gasteiger partial charge is 0.407 e. The molecular formula is C12H24N2O4. The van der Waals surface area contributed by atoms with Crippen LogP contribution in [0.1, 0.15) is 34.1 Å². The van der Waals surface area contributed by atoms with Gasteiger partial charge in [0.05, 0.1) is 7.11 Å². The van der Waals surface area contributed by atoms with Gasteiger partial charge in [-0.1, -0.05) is 6.92 Å². The van der Waals surface area contributed by atoms with Crippen molar-refractivity contribution in [1.29, 1.82) is 0 Å². The Kier molecular flexibility index (Phi) is 6.68. The van der Waals surface area contributed by atoms with Gasteiger partial charge < -0.3 is 10.1 Å². The van der Waals surface area contributed by atoms with Crippen LogP contribution in [0.15, 0.2) is 0 Å². The molecule has 0 rings (SSSR count). The molecule has 0 saturated carbocycles. The molecule has 0 fully saturated rings. The van der Waals surface area contributed by atoms with Crippen molar-refractivity contribution in [1.82, 2.24) is 10.4 Å². The highest BCUT2D eigenvalue weighted by Gasteiger charge is 2.18. The van der Waals surface area contributed by atoms with E-state index in [0.717, 1.165) is 0 Å². The minimum Gasteiger partial charge on any atom is -0.444 e. The highest BCUT2D eigenvalue weighted by atomic mass is 16.7. The molecule has 0 radical (unpaired) electrons. The molecule has 0 aliphatic carbocycles. The zero-order chi connectivity index (χ0) is 14.3. The summed E-state index contributed by atoms with van der Waals surface area (Å²) in [4.78, 5) is 27.7. The number of nitrogens with one attached hydrogen (secondary N) is 1. The summed E-state index contributed by atoms with van der Waals surface area (Å²) in [5, 5.41) is 3.80. The van der Waals surface area contributed by atoms with Gasteiger partial charge in [-0.05, 0) is 26.7 Å². The van der Waals surface area contributed by atoms with E-state index in [1.165, 1.54) is 12.2 Å². The molecule has 0 bridgehead atoms. The molecule has 0 unspecified atom stereocenters. The minimum atomic E-state index is -0.514. The molecule has 0 aromatic rings. The Morgan fingerprint density at radius 2 is 1.89 bits per heavy atom. The molecule has 0 saturated heterocycles. The quantitative estimate of drug-likeness (QED) is 0.762. The van der Waals surface area contributed by atoms with Gasteiger partial charge in [0.1, 0.15) is 5.60 Å². The molecule has 0 heterocycles. The summed E-state index contributed by atoms with van der Waals surface area (Å²) < 4.78 is 5.09. The van der Waals surface area contributed by atoms with Gasteiger partial charge in [-0.15, -0.1) is 0 Å². The molecule has 0 aromatic heterocycles. The van der Waals surface area contributed by atoms with Crippen LogP contribution in [0.25, 0.3) is 0 Å². The average Bonchev–Trinajstić information content (AvgIpc) is 2.22. The molecule has 1 N–H and O–H groups in total. The van der Waals surface area contributed by atoms with E-state index in [4.69, 9.17) is 9.57 Å². The van der Waals surface area contributed by atoms with Crippen LogP contribution in [-0.4, -0.2) is 43.4 Å². The Balaban J connectivity index is 3.94. The van der Waals surface area contributed by atoms with E-state index in [9.17, 15) is 9.59 Å². The predicted octanol–water partition coefficient (Wildman–Crippen LogP) is 1.56. The van der Waals surface area contributed by atoms with Gasteiger partial charge in [0.25, 0.3) is 0 Å². The van der Waals surface area contributed by atoms with E-state index in [1.807, 2.05) is 6.92 Å². The van der Waals surface area contributed by atoms with Crippen molar-refractivity contribution in [3.8, 4) is 0 Å². The topological polar surface area (TPSA) is 67.9 Å². The summed E-state index contributed by atoms with van der Waals surface area (Å²) in [7, 11) is 2.98. The lowest BCUT2D eigenvalue weighted by Crippen LogP contribution is -2.36. The number of amides is 2. The lowest BCUT2D eigenvalue weighted by Gasteiger charge is -2.21. The fraction of sp³-hybridized carbons (Fsp3) is 0.833. The standard InChI is InChI=1S/C12H24N2O4/c1-9(7-10(15)14(5)17-6)8-13-11(16)18-12(2,3)4/h9H,7-8H2,1-6H3,(H,13,16)/t9-/m0/s1. The monoisotopic (exact) mass is 260 g/mol. The highest BCUT2D eigenvalue weighted by molar-refractivity contribution is 5.75. The first-order chi connectivity index (χ1) is 8.15. The Hall–Kier alpha value is -1.30. The summed E-state index contributed by atoms with van der Waals surface area (Å²) in [6.07, 6.45) is -0.165. The number of hydroxylamine groups is 2. The van der Waals surface area contributed by atoms with E-state index in [-0.39, 0.29) is 11.8 Å². The molecule has 2 amide bonds. The second-order valence-electron chi connectivity index (χ2n) is 5.27. The molecule has 6 nitrogen and oxygen atoms in total. The van der Waals surface area contributed by atoms with E-state index in [0.29, 0.717) is 13.0 Å². The van der Waals surface area contributed by atoms with Gasteiger partial charge in [-0.3, -0.25) is 9.63 Å². The second-order valence-corrected chi connectivity index (χ2v) is 5.27. The summed E-state index contributed by atoms with van der Waals surface area (Å²) >= 11 is 0. The first-order valence-corrected chi connectivity index (χ1v) is 5.93. The number of carbonyl (C=O) groups is 2. The Morgan fingerprint density at radius 3 is 2.33 bits per heavy atom. The minimum absolute atomic E-state index is 0.0163. The Labute approximate surface area is 109 Å². The van der Waals surface area contributed by atoms with Crippen LogP contribution in [0, 0.1) is 5.92 Å². The lowest BCUT2D eigenvalue weighted by atomic mass is 10.1. The maximum Gasteiger partial charge on any atom is 0.407 e. The van der Waals surface area contributed by atoms with Crippen molar-refractivity contribution >= 4 is 12.0 Å². The third kappa shape index (κ3) is 7.89. The normalized spacial score (nSPS) is 12.8. The van der Waals surface area contributed by atoms with Crippen molar-refractivity contribution in [3.05, 3.63) is 0 Å². The fourth-order valence-corrected chi connectivity index (χ4v) is 1.17. The molecule has 0 aliphatic heterocycles. The van der Waals surface area contributed by atoms with E-state index >= 15 is 0 Å². The second kappa shape index (κ2) is 7.20. The van der Waals surface area contributed by atoms with Gasteiger partial charge in [0.2, 0.25) is 5.91 Å². The maximum absolute atomic E-state index is 11.5. The van der Waals surface area contributed by atoms with Gasteiger partial charge in [0.15, 0.2) is 0 Å². The molecule has 0 aliphatic rings. The van der Waals surface area contributed by atoms with E-state index in [2.05, 4.69) is 5.32 Å². The highest BCUT2D eigenvalue weighted by Crippen LogP contribution is 2.07. The first kappa shape index (κ1) is 16.7. The van der Waals surface area contributed by atoms with Crippen LogP contribution in [0.5, 0.6) is 0 Å². The molecule has 0 spiro atoms. The van der Waals surface area contributed by atoms with Crippen LogP contribution in [0.4, 0.5) is 4.79 Å². The van der Waals surface area contributed by atoms with Crippen LogP contribution < -0.4 is 5.32 Å². The molecular weight excluding hydrogens is 236 g/mol. The molecule has 0 aromatic carbocycles. The van der Waals surface area contributed by atoms with E-state index in [1.54, 1.807) is 27.8 Å². The van der Waals surface area contributed by atoms with Crippen molar-refractivity contribution < 1.29 is 19.2 Å². The number of carbonyl (C=O) groups excluding carboxylic acids is 2. The third-order valence-electron chi connectivity index (χ3n) is 2.14. The van der Waals surface area contributed by atoms with E-state index < -0.39 is 11.7 Å².